The third kappa shape index (κ3) is 4.43. The number of aromatic nitrogens is 2. The second-order valence-corrected chi connectivity index (χ2v) is 12.9. The van der Waals surface area contributed by atoms with Crippen LogP contribution in [0.15, 0.2) is 194 Å². The van der Waals surface area contributed by atoms with Gasteiger partial charge in [0.05, 0.1) is 27.8 Å². The average Bonchev–Trinajstić information content (AvgIpc) is 3.72. The predicted molar refractivity (Wildman–Crippen MR) is 211 cm³/mol. The maximum absolute atomic E-state index is 2.50. The summed E-state index contributed by atoms with van der Waals surface area (Å²) in [6, 6.07) is 70.4. The maximum Gasteiger partial charge on any atom is 0.0789 e. The Morgan fingerprint density at radius 2 is 0.760 bits per heavy atom. The molecule has 0 atom stereocenters. The number of para-hydroxylation sites is 3. The van der Waals surface area contributed by atoms with Gasteiger partial charge in [-0.25, -0.2) is 0 Å². The van der Waals surface area contributed by atoms with Gasteiger partial charge in [-0.05, 0) is 58.1 Å². The lowest BCUT2D eigenvalue weighted by atomic mass is 9.99. The number of hydrogen-bond acceptors (Lipinski definition) is 0. The van der Waals surface area contributed by atoms with Crippen LogP contribution in [0.25, 0.3) is 88.4 Å². The summed E-state index contributed by atoms with van der Waals surface area (Å²) in [5.41, 5.74) is 14.3. The molecule has 10 aromatic rings. The Balaban J connectivity index is 1.29. The van der Waals surface area contributed by atoms with Crippen molar-refractivity contribution in [1.29, 1.82) is 0 Å². The highest BCUT2D eigenvalue weighted by Gasteiger charge is 2.22. The Hall–Kier alpha value is -6.64. The molecule has 0 N–H and O–H groups in total. The van der Waals surface area contributed by atoms with Crippen LogP contribution < -0.4 is 0 Å². The van der Waals surface area contributed by atoms with Gasteiger partial charge in [0.25, 0.3) is 0 Å². The van der Waals surface area contributed by atoms with Crippen LogP contribution in [0, 0.1) is 0 Å². The number of hydrogen-bond donors (Lipinski definition) is 0. The van der Waals surface area contributed by atoms with Gasteiger partial charge in [0.1, 0.15) is 0 Å². The number of rotatable bonds is 5. The molecule has 0 aliphatic carbocycles. The first-order valence-electron chi connectivity index (χ1n) is 17.2. The normalized spacial score (nSPS) is 11.6. The van der Waals surface area contributed by atoms with Crippen LogP contribution >= 0.6 is 0 Å². The van der Waals surface area contributed by atoms with E-state index in [9.17, 15) is 0 Å². The van der Waals surface area contributed by atoms with E-state index in [-0.39, 0.29) is 0 Å². The average molecular weight is 637 g/mol. The molecule has 2 heterocycles. The largest absolute Gasteiger partial charge is 0.307 e. The van der Waals surface area contributed by atoms with Crippen molar-refractivity contribution in [3.05, 3.63) is 194 Å². The molecule has 0 aliphatic heterocycles. The second-order valence-electron chi connectivity index (χ2n) is 12.9. The van der Waals surface area contributed by atoms with Crippen LogP contribution in [0.5, 0.6) is 0 Å². The minimum atomic E-state index is 1.15. The number of fused-ring (bicyclic) bond motifs is 7. The molecule has 0 fully saturated rings. The van der Waals surface area contributed by atoms with Gasteiger partial charge in [-0.3, -0.25) is 0 Å². The molecule has 2 nitrogen and oxygen atoms in total. The van der Waals surface area contributed by atoms with E-state index in [0.717, 1.165) is 11.4 Å². The Morgan fingerprint density at radius 1 is 0.280 bits per heavy atom. The van der Waals surface area contributed by atoms with Crippen molar-refractivity contribution in [1.82, 2.24) is 9.13 Å². The zero-order chi connectivity index (χ0) is 33.0. The van der Waals surface area contributed by atoms with Crippen molar-refractivity contribution in [2.75, 3.05) is 0 Å². The van der Waals surface area contributed by atoms with Gasteiger partial charge in [-0.2, -0.15) is 0 Å². The Morgan fingerprint density at radius 3 is 1.44 bits per heavy atom. The zero-order valence-electron chi connectivity index (χ0n) is 27.4. The van der Waals surface area contributed by atoms with Crippen molar-refractivity contribution in [3.8, 4) is 44.8 Å². The van der Waals surface area contributed by atoms with Crippen molar-refractivity contribution in [2.45, 2.75) is 0 Å². The van der Waals surface area contributed by atoms with Crippen LogP contribution in [0.3, 0.4) is 0 Å². The molecule has 8 aromatic carbocycles. The Labute approximate surface area is 290 Å². The zero-order valence-corrected chi connectivity index (χ0v) is 27.4. The maximum atomic E-state index is 2.50. The van der Waals surface area contributed by atoms with Crippen LogP contribution in [0.2, 0.25) is 0 Å². The quantitative estimate of drug-likeness (QED) is 0.178. The molecule has 50 heavy (non-hydrogen) atoms. The van der Waals surface area contributed by atoms with E-state index in [4.69, 9.17) is 0 Å². The lowest BCUT2D eigenvalue weighted by Gasteiger charge is -2.16. The Kier molecular flexibility index (Phi) is 6.53. The molecule has 0 unspecified atom stereocenters. The van der Waals surface area contributed by atoms with E-state index in [0.29, 0.717) is 0 Å². The van der Waals surface area contributed by atoms with Crippen LogP contribution in [0.1, 0.15) is 0 Å². The molecule has 0 bridgehead atoms. The van der Waals surface area contributed by atoms with Gasteiger partial charge < -0.3 is 9.13 Å². The molecule has 2 heteroatoms. The highest BCUT2D eigenvalue weighted by atomic mass is 15.0. The van der Waals surface area contributed by atoms with Crippen LogP contribution in [-0.4, -0.2) is 9.13 Å². The molecule has 0 radical (unpaired) electrons. The summed E-state index contributed by atoms with van der Waals surface area (Å²) < 4.78 is 4.98. The van der Waals surface area contributed by atoms with E-state index < -0.39 is 0 Å². The summed E-state index contributed by atoms with van der Waals surface area (Å²) in [7, 11) is 0. The van der Waals surface area contributed by atoms with Gasteiger partial charge in [-0.1, -0.05) is 164 Å². The standard InChI is InChI=1S/C48H32N2/c1-3-14-33(15-4-1)35-26-28-36(29-27-35)39-20-7-10-23-44(39)50-46-25-12-9-22-41(46)43-31-30-42-40-21-8-11-24-45(40)49(47(42)48(43)50)38-19-13-18-37(32-38)34-16-5-2-6-17-34/h1-32H. The van der Waals surface area contributed by atoms with Gasteiger partial charge >= 0.3 is 0 Å². The molecule has 0 saturated carbocycles. The SMILES string of the molecule is c1ccc(-c2ccc(-c3ccccc3-n3c4ccccc4c4ccc5c6ccccc6n(-c6cccc(-c7ccccc7)c6)c5c43)cc2)cc1. The molecule has 0 amide bonds. The van der Waals surface area contributed by atoms with Crippen LogP contribution in [0.4, 0.5) is 0 Å². The first-order valence-corrected chi connectivity index (χ1v) is 17.2. The minimum Gasteiger partial charge on any atom is -0.307 e. The fourth-order valence-electron chi connectivity index (χ4n) is 7.86. The lowest BCUT2D eigenvalue weighted by Crippen LogP contribution is -2.00. The highest BCUT2D eigenvalue weighted by Crippen LogP contribution is 2.43. The van der Waals surface area contributed by atoms with Crippen LogP contribution in [-0.2, 0) is 0 Å². The summed E-state index contributed by atoms with van der Waals surface area (Å²) in [4.78, 5) is 0. The van der Waals surface area contributed by atoms with E-state index in [1.165, 1.54) is 77.0 Å². The van der Waals surface area contributed by atoms with E-state index >= 15 is 0 Å². The second kappa shape index (κ2) is 11.5. The van der Waals surface area contributed by atoms with Gasteiger partial charge in [0.2, 0.25) is 0 Å². The van der Waals surface area contributed by atoms with Gasteiger partial charge in [0.15, 0.2) is 0 Å². The van der Waals surface area contributed by atoms with Crippen molar-refractivity contribution < 1.29 is 0 Å². The lowest BCUT2D eigenvalue weighted by molar-refractivity contribution is 1.15. The molecular formula is C48H32N2. The molecular weight excluding hydrogens is 605 g/mol. The van der Waals surface area contributed by atoms with Crippen molar-refractivity contribution in [2.24, 2.45) is 0 Å². The van der Waals surface area contributed by atoms with Crippen molar-refractivity contribution >= 4 is 43.6 Å². The predicted octanol–water partition coefficient (Wildman–Crippen LogP) is 12.9. The molecule has 0 saturated heterocycles. The summed E-state index contributed by atoms with van der Waals surface area (Å²) >= 11 is 0. The first kappa shape index (κ1) is 28.4. The van der Waals surface area contributed by atoms with Gasteiger partial charge in [0, 0.05) is 32.8 Å². The van der Waals surface area contributed by atoms with E-state index in [2.05, 4.69) is 203 Å². The smallest absolute Gasteiger partial charge is 0.0789 e. The number of benzene rings is 8. The molecule has 0 aliphatic rings. The topological polar surface area (TPSA) is 9.86 Å². The number of nitrogens with zero attached hydrogens (tertiary/aromatic N) is 2. The summed E-state index contributed by atoms with van der Waals surface area (Å²) in [5.74, 6) is 0. The minimum absolute atomic E-state index is 1.15. The molecule has 10 rings (SSSR count). The first-order chi connectivity index (χ1) is 24.8. The fourth-order valence-corrected chi connectivity index (χ4v) is 7.86. The third-order valence-electron chi connectivity index (χ3n) is 10.1. The third-order valence-corrected chi connectivity index (χ3v) is 10.1. The summed E-state index contributed by atoms with van der Waals surface area (Å²) in [5, 5.41) is 4.97. The highest BCUT2D eigenvalue weighted by molar-refractivity contribution is 6.24. The summed E-state index contributed by atoms with van der Waals surface area (Å²) in [6.07, 6.45) is 0. The van der Waals surface area contributed by atoms with E-state index in [1.807, 2.05) is 0 Å². The summed E-state index contributed by atoms with van der Waals surface area (Å²) in [6.45, 7) is 0. The van der Waals surface area contributed by atoms with E-state index in [1.54, 1.807) is 0 Å². The Bertz CT molecular complexity index is 2840. The molecule has 234 valence electrons. The van der Waals surface area contributed by atoms with Crippen molar-refractivity contribution in [3.63, 3.8) is 0 Å². The molecule has 0 spiro atoms. The fraction of sp³-hybridized carbons (Fsp3) is 0. The monoisotopic (exact) mass is 636 g/mol. The van der Waals surface area contributed by atoms with Gasteiger partial charge in [-0.15, -0.1) is 0 Å². The molecule has 2 aromatic heterocycles.